The molecule has 1 aromatic heterocycles. The fourth-order valence-electron chi connectivity index (χ4n) is 2.99. The predicted molar refractivity (Wildman–Crippen MR) is 101 cm³/mol. The highest BCUT2D eigenvalue weighted by molar-refractivity contribution is 7.89. The SMILES string of the molecule is CC(C)C(C)NC(=O)C[NH+]1CCN(S(=O)(=O)c2cc(C(N)=O)n(C)c2)CC1. The lowest BCUT2D eigenvalue weighted by Gasteiger charge is -2.31. The number of aryl methyl sites for hydroxylation is 1. The predicted octanol–water partition coefficient (Wildman–Crippen LogP) is -1.83. The maximum Gasteiger partial charge on any atom is 0.275 e. The Hall–Kier alpha value is -1.91. The van der Waals surface area contributed by atoms with E-state index < -0.39 is 15.9 Å². The monoisotopic (exact) mass is 400 g/mol. The lowest BCUT2D eigenvalue weighted by Crippen LogP contribution is -3.15. The average Bonchev–Trinajstić information content (AvgIpc) is 2.98. The summed E-state index contributed by atoms with van der Waals surface area (Å²) in [7, 11) is -2.11. The molecule has 2 heterocycles. The molecule has 0 saturated carbocycles. The molecule has 27 heavy (non-hydrogen) atoms. The first-order valence-electron chi connectivity index (χ1n) is 9.11. The zero-order valence-corrected chi connectivity index (χ0v) is 17.2. The molecule has 0 aromatic carbocycles. The molecule has 152 valence electrons. The molecule has 1 atom stereocenters. The van der Waals surface area contributed by atoms with Crippen LogP contribution in [0.5, 0.6) is 0 Å². The Morgan fingerprint density at radius 3 is 2.33 bits per heavy atom. The number of carbonyl (C=O) groups is 2. The number of hydrogen-bond donors (Lipinski definition) is 3. The Bertz CT molecular complexity index is 794. The number of nitrogens with zero attached hydrogens (tertiary/aromatic N) is 2. The maximum atomic E-state index is 12.8. The van der Waals surface area contributed by atoms with E-state index in [9.17, 15) is 18.0 Å². The standard InChI is InChI=1S/C17H29N5O4S/c1-12(2)13(3)19-16(23)11-21-5-7-22(8-6-21)27(25,26)14-9-15(17(18)24)20(4)10-14/h9-10,12-13H,5-8,11H2,1-4H3,(H2,18,24)(H,19,23)/p+1. The van der Waals surface area contributed by atoms with Crippen LogP contribution >= 0.6 is 0 Å². The van der Waals surface area contributed by atoms with Crippen molar-refractivity contribution in [2.24, 2.45) is 18.7 Å². The summed E-state index contributed by atoms with van der Waals surface area (Å²) in [6, 6.07) is 1.41. The van der Waals surface area contributed by atoms with Crippen LogP contribution in [0.2, 0.25) is 0 Å². The first kappa shape index (κ1) is 21.4. The van der Waals surface area contributed by atoms with Crippen LogP contribution in [-0.4, -0.2) is 67.9 Å². The highest BCUT2D eigenvalue weighted by Gasteiger charge is 2.32. The fraction of sp³-hybridized carbons (Fsp3) is 0.647. The van der Waals surface area contributed by atoms with E-state index in [0.717, 1.165) is 4.90 Å². The highest BCUT2D eigenvalue weighted by Crippen LogP contribution is 2.18. The molecule has 10 heteroatoms. The van der Waals surface area contributed by atoms with Crippen LogP contribution in [0.25, 0.3) is 0 Å². The van der Waals surface area contributed by atoms with Crippen LogP contribution in [0.15, 0.2) is 17.2 Å². The van der Waals surface area contributed by atoms with Crippen molar-refractivity contribution in [2.75, 3.05) is 32.7 Å². The molecule has 1 saturated heterocycles. The zero-order valence-electron chi connectivity index (χ0n) is 16.4. The molecule has 1 aliphatic heterocycles. The third-order valence-electron chi connectivity index (χ3n) is 5.10. The van der Waals surface area contributed by atoms with E-state index in [-0.39, 0.29) is 22.5 Å². The summed E-state index contributed by atoms with van der Waals surface area (Å²) in [6.45, 7) is 8.17. The van der Waals surface area contributed by atoms with Gasteiger partial charge in [-0.15, -0.1) is 0 Å². The minimum Gasteiger partial charge on any atom is -0.364 e. The van der Waals surface area contributed by atoms with Crippen molar-refractivity contribution < 1.29 is 22.9 Å². The van der Waals surface area contributed by atoms with E-state index in [2.05, 4.69) is 19.2 Å². The van der Waals surface area contributed by atoms with Crippen molar-refractivity contribution in [1.82, 2.24) is 14.2 Å². The Kier molecular flexibility index (Phi) is 6.66. The number of quaternary nitrogens is 1. The number of rotatable bonds is 7. The third kappa shape index (κ3) is 5.08. The van der Waals surface area contributed by atoms with E-state index in [1.54, 1.807) is 7.05 Å². The Morgan fingerprint density at radius 1 is 1.26 bits per heavy atom. The summed E-state index contributed by atoms with van der Waals surface area (Å²) in [6.07, 6.45) is 1.40. The molecular formula is C17H30N5O4S+. The van der Waals surface area contributed by atoms with Crippen molar-refractivity contribution in [3.8, 4) is 0 Å². The summed E-state index contributed by atoms with van der Waals surface area (Å²) in [5.74, 6) is -0.325. The normalized spacial score (nSPS) is 17.8. The third-order valence-corrected chi connectivity index (χ3v) is 6.96. The average molecular weight is 401 g/mol. The molecule has 1 unspecified atom stereocenters. The number of nitrogens with one attached hydrogen (secondary N) is 2. The van der Waals surface area contributed by atoms with Crippen LogP contribution in [0.1, 0.15) is 31.3 Å². The maximum absolute atomic E-state index is 12.8. The van der Waals surface area contributed by atoms with Crippen LogP contribution < -0.4 is 16.0 Å². The van der Waals surface area contributed by atoms with Gasteiger partial charge in [0.25, 0.3) is 11.8 Å². The molecule has 0 aliphatic carbocycles. The van der Waals surface area contributed by atoms with Gasteiger partial charge in [-0.25, -0.2) is 8.42 Å². The molecule has 1 aromatic rings. The number of piperazine rings is 1. The number of sulfonamides is 1. The summed E-state index contributed by atoms with van der Waals surface area (Å²) >= 11 is 0. The number of carbonyl (C=O) groups excluding carboxylic acids is 2. The van der Waals surface area contributed by atoms with E-state index in [4.69, 9.17) is 5.73 Å². The van der Waals surface area contributed by atoms with Gasteiger partial charge in [-0.2, -0.15) is 4.31 Å². The summed E-state index contributed by atoms with van der Waals surface area (Å²) in [5, 5.41) is 2.98. The van der Waals surface area contributed by atoms with Crippen LogP contribution in [-0.2, 0) is 21.9 Å². The largest absolute Gasteiger partial charge is 0.364 e. The Labute approximate surface area is 160 Å². The molecule has 2 rings (SSSR count). The first-order chi connectivity index (χ1) is 12.5. The minimum atomic E-state index is -3.69. The molecule has 0 bridgehead atoms. The van der Waals surface area contributed by atoms with Crippen LogP contribution in [0.4, 0.5) is 0 Å². The van der Waals surface area contributed by atoms with Gasteiger partial charge in [0, 0.05) is 19.3 Å². The van der Waals surface area contributed by atoms with Crippen LogP contribution in [0, 0.1) is 5.92 Å². The van der Waals surface area contributed by atoms with Gasteiger partial charge >= 0.3 is 0 Å². The summed E-state index contributed by atoms with van der Waals surface area (Å²) in [4.78, 5) is 24.6. The van der Waals surface area contributed by atoms with Crippen molar-refractivity contribution in [3.05, 3.63) is 18.0 Å². The van der Waals surface area contributed by atoms with Crippen LogP contribution in [0.3, 0.4) is 0 Å². The quantitative estimate of drug-likeness (QED) is 0.499. The highest BCUT2D eigenvalue weighted by atomic mass is 32.2. The van der Waals surface area contributed by atoms with Gasteiger partial charge in [0.1, 0.15) is 10.6 Å². The summed E-state index contributed by atoms with van der Waals surface area (Å²) < 4.78 is 28.4. The van der Waals surface area contributed by atoms with Gasteiger partial charge in [0.2, 0.25) is 10.0 Å². The topological polar surface area (TPSA) is 119 Å². The second-order valence-electron chi connectivity index (χ2n) is 7.47. The smallest absolute Gasteiger partial charge is 0.275 e. The number of hydrogen-bond acceptors (Lipinski definition) is 4. The number of primary amides is 1. The molecule has 1 fully saturated rings. The molecule has 9 nitrogen and oxygen atoms in total. The first-order valence-corrected chi connectivity index (χ1v) is 10.6. The molecule has 2 amide bonds. The zero-order chi connectivity index (χ0) is 20.4. The Morgan fingerprint density at radius 2 is 1.85 bits per heavy atom. The second kappa shape index (κ2) is 8.41. The van der Waals surface area contributed by atoms with Crippen molar-refractivity contribution in [3.63, 3.8) is 0 Å². The van der Waals surface area contributed by atoms with Gasteiger partial charge in [0.15, 0.2) is 6.54 Å². The molecule has 0 spiro atoms. The van der Waals surface area contributed by atoms with Gasteiger partial charge < -0.3 is 20.5 Å². The van der Waals surface area contributed by atoms with E-state index in [0.29, 0.717) is 38.6 Å². The van der Waals surface area contributed by atoms with Crippen molar-refractivity contribution in [2.45, 2.75) is 31.7 Å². The summed E-state index contributed by atoms with van der Waals surface area (Å²) in [5.41, 5.74) is 5.40. The number of nitrogens with two attached hydrogens (primary N) is 1. The molecule has 1 aliphatic rings. The van der Waals surface area contributed by atoms with Crippen molar-refractivity contribution in [1.29, 1.82) is 0 Å². The Balaban J connectivity index is 1.95. The molecule has 0 radical (unpaired) electrons. The van der Waals surface area contributed by atoms with E-state index in [1.807, 2.05) is 6.92 Å². The number of amides is 2. The van der Waals surface area contributed by atoms with E-state index in [1.165, 1.54) is 21.1 Å². The van der Waals surface area contributed by atoms with Crippen molar-refractivity contribution >= 4 is 21.8 Å². The van der Waals surface area contributed by atoms with Gasteiger partial charge in [-0.1, -0.05) is 13.8 Å². The lowest BCUT2D eigenvalue weighted by molar-refractivity contribution is -0.895. The number of aromatic nitrogens is 1. The van der Waals surface area contributed by atoms with Gasteiger partial charge in [-0.3, -0.25) is 9.59 Å². The van der Waals surface area contributed by atoms with E-state index >= 15 is 0 Å². The molecule has 4 N–H and O–H groups in total. The molecular weight excluding hydrogens is 370 g/mol. The van der Waals surface area contributed by atoms with Gasteiger partial charge in [-0.05, 0) is 18.9 Å². The van der Waals surface area contributed by atoms with Gasteiger partial charge in [0.05, 0.1) is 26.2 Å². The second-order valence-corrected chi connectivity index (χ2v) is 9.41. The lowest BCUT2D eigenvalue weighted by atomic mass is 10.1. The fourth-order valence-corrected chi connectivity index (χ4v) is 4.50. The minimum absolute atomic E-state index is 0.0170.